The van der Waals surface area contributed by atoms with Crippen LogP contribution in [0.1, 0.15) is 17.7 Å². The van der Waals surface area contributed by atoms with Crippen molar-refractivity contribution in [2.45, 2.75) is 19.9 Å². The van der Waals surface area contributed by atoms with Crippen LogP contribution in [-0.4, -0.2) is 30.6 Å². The highest BCUT2D eigenvalue weighted by Gasteiger charge is 2.35. The molecule has 3 aromatic rings. The number of carbonyl (C=O) groups excluding carboxylic acids is 2. The summed E-state index contributed by atoms with van der Waals surface area (Å²) < 4.78 is 10.6. The van der Waals surface area contributed by atoms with Crippen LogP contribution in [0, 0.1) is 12.8 Å². The van der Waals surface area contributed by atoms with Crippen molar-refractivity contribution in [1.29, 1.82) is 0 Å². The summed E-state index contributed by atoms with van der Waals surface area (Å²) in [5, 5.41) is 6.89. The van der Waals surface area contributed by atoms with Crippen LogP contribution in [0.2, 0.25) is 0 Å². The fourth-order valence-electron chi connectivity index (χ4n) is 3.49. The van der Waals surface area contributed by atoms with Crippen molar-refractivity contribution in [3.63, 3.8) is 0 Å². The van der Waals surface area contributed by atoms with Gasteiger partial charge in [-0.1, -0.05) is 35.0 Å². The highest BCUT2D eigenvalue weighted by molar-refractivity contribution is 6.00. The van der Waals surface area contributed by atoms with Crippen molar-refractivity contribution in [1.82, 2.24) is 10.5 Å². The monoisotopic (exact) mass is 405 g/mol. The fourth-order valence-corrected chi connectivity index (χ4v) is 3.49. The molecule has 1 saturated heterocycles. The molecule has 0 aliphatic carbocycles. The summed E-state index contributed by atoms with van der Waals surface area (Å²) in [5.74, 6) is 0.732. The van der Waals surface area contributed by atoms with Gasteiger partial charge in [0.2, 0.25) is 11.8 Å². The van der Waals surface area contributed by atoms with Gasteiger partial charge in [0, 0.05) is 30.3 Å². The van der Waals surface area contributed by atoms with E-state index in [-0.39, 0.29) is 30.7 Å². The third kappa shape index (κ3) is 4.20. The van der Waals surface area contributed by atoms with Crippen LogP contribution >= 0.6 is 0 Å². The highest BCUT2D eigenvalue weighted by Crippen LogP contribution is 2.26. The second kappa shape index (κ2) is 8.41. The number of ether oxygens (including phenoxy) is 1. The number of carbonyl (C=O) groups is 2. The molecule has 1 fully saturated rings. The van der Waals surface area contributed by atoms with Crippen LogP contribution in [0.4, 0.5) is 5.69 Å². The molecule has 2 heterocycles. The Kier molecular flexibility index (Phi) is 5.52. The Balaban J connectivity index is 1.35. The SMILES string of the molecule is COc1cccc(-c2cc(CNC(=O)C3CC(=O)N(c4ccc(C)cc4)C3)no2)c1. The summed E-state index contributed by atoms with van der Waals surface area (Å²) in [7, 11) is 1.61. The lowest BCUT2D eigenvalue weighted by atomic mass is 10.1. The number of aromatic nitrogens is 1. The van der Waals surface area contributed by atoms with Gasteiger partial charge in [0.1, 0.15) is 11.4 Å². The second-order valence-electron chi connectivity index (χ2n) is 7.37. The summed E-state index contributed by atoms with van der Waals surface area (Å²) in [6, 6.07) is 17.0. The van der Waals surface area contributed by atoms with E-state index in [0.717, 1.165) is 22.6 Å². The number of rotatable bonds is 6. The molecule has 30 heavy (non-hydrogen) atoms. The lowest BCUT2D eigenvalue weighted by molar-refractivity contribution is -0.126. The van der Waals surface area contributed by atoms with E-state index in [2.05, 4.69) is 10.5 Å². The number of aryl methyl sites for hydroxylation is 1. The molecule has 1 aliphatic heterocycles. The van der Waals surface area contributed by atoms with Gasteiger partial charge >= 0.3 is 0 Å². The van der Waals surface area contributed by atoms with Gasteiger partial charge in [-0.15, -0.1) is 0 Å². The van der Waals surface area contributed by atoms with E-state index in [4.69, 9.17) is 9.26 Å². The van der Waals surface area contributed by atoms with Crippen LogP contribution < -0.4 is 15.0 Å². The Morgan fingerprint density at radius 3 is 2.80 bits per heavy atom. The fraction of sp³-hybridized carbons (Fsp3) is 0.261. The number of benzene rings is 2. The lowest BCUT2D eigenvalue weighted by Crippen LogP contribution is -2.32. The third-order valence-corrected chi connectivity index (χ3v) is 5.20. The van der Waals surface area contributed by atoms with E-state index in [1.54, 1.807) is 18.1 Å². The van der Waals surface area contributed by atoms with Crippen molar-refractivity contribution in [3.05, 3.63) is 65.9 Å². The van der Waals surface area contributed by atoms with Crippen LogP contribution in [-0.2, 0) is 16.1 Å². The summed E-state index contributed by atoms with van der Waals surface area (Å²) >= 11 is 0. The van der Waals surface area contributed by atoms with Crippen LogP contribution in [0.3, 0.4) is 0 Å². The topological polar surface area (TPSA) is 84.7 Å². The zero-order valence-electron chi connectivity index (χ0n) is 16.9. The Hall–Kier alpha value is -3.61. The number of anilines is 1. The Labute approximate surface area is 174 Å². The van der Waals surface area contributed by atoms with Crippen LogP contribution in [0.25, 0.3) is 11.3 Å². The molecular weight excluding hydrogens is 382 g/mol. The number of hydrogen-bond donors (Lipinski definition) is 1. The summed E-state index contributed by atoms with van der Waals surface area (Å²) in [6.45, 7) is 2.61. The summed E-state index contributed by atoms with van der Waals surface area (Å²) in [4.78, 5) is 26.6. The van der Waals surface area contributed by atoms with Crippen molar-refractivity contribution in [3.8, 4) is 17.1 Å². The Bertz CT molecular complexity index is 1060. The van der Waals surface area contributed by atoms with Gasteiger partial charge in [0.15, 0.2) is 5.76 Å². The van der Waals surface area contributed by atoms with Crippen molar-refractivity contribution >= 4 is 17.5 Å². The lowest BCUT2D eigenvalue weighted by Gasteiger charge is -2.16. The zero-order chi connectivity index (χ0) is 21.1. The first kappa shape index (κ1) is 19.7. The van der Waals surface area contributed by atoms with Gasteiger partial charge in [-0.3, -0.25) is 9.59 Å². The molecule has 1 unspecified atom stereocenters. The van der Waals surface area contributed by atoms with Crippen molar-refractivity contribution < 1.29 is 18.8 Å². The predicted octanol–water partition coefficient (Wildman–Crippen LogP) is 3.33. The first-order valence-corrected chi connectivity index (χ1v) is 9.78. The van der Waals surface area contributed by atoms with Gasteiger partial charge < -0.3 is 19.5 Å². The average Bonchev–Trinajstić information content (AvgIpc) is 3.40. The molecule has 1 atom stereocenters. The molecule has 7 nitrogen and oxygen atoms in total. The second-order valence-corrected chi connectivity index (χ2v) is 7.37. The third-order valence-electron chi connectivity index (χ3n) is 5.20. The van der Waals surface area contributed by atoms with E-state index in [1.165, 1.54) is 0 Å². The molecule has 0 spiro atoms. The summed E-state index contributed by atoms with van der Waals surface area (Å²) in [5.41, 5.74) is 3.40. The molecule has 0 radical (unpaired) electrons. The number of hydrogen-bond acceptors (Lipinski definition) is 5. The smallest absolute Gasteiger partial charge is 0.227 e. The largest absolute Gasteiger partial charge is 0.497 e. The molecular formula is C23H23N3O4. The van der Waals surface area contributed by atoms with Crippen LogP contribution in [0.5, 0.6) is 5.75 Å². The molecule has 4 rings (SSSR count). The first-order chi connectivity index (χ1) is 14.5. The maximum absolute atomic E-state index is 12.6. The van der Waals surface area contributed by atoms with Gasteiger partial charge in [-0.25, -0.2) is 0 Å². The van der Waals surface area contributed by atoms with Crippen molar-refractivity contribution in [2.75, 3.05) is 18.6 Å². The molecule has 1 N–H and O–H groups in total. The maximum atomic E-state index is 12.6. The number of amides is 2. The minimum Gasteiger partial charge on any atom is -0.497 e. The normalized spacial score (nSPS) is 16.0. The number of nitrogens with one attached hydrogen (secondary N) is 1. The van der Waals surface area contributed by atoms with Gasteiger partial charge in [0.05, 0.1) is 19.6 Å². The van der Waals surface area contributed by atoms with E-state index >= 15 is 0 Å². The first-order valence-electron chi connectivity index (χ1n) is 9.78. The van der Waals surface area contributed by atoms with E-state index < -0.39 is 0 Å². The zero-order valence-corrected chi connectivity index (χ0v) is 16.9. The summed E-state index contributed by atoms with van der Waals surface area (Å²) in [6.07, 6.45) is 0.202. The quantitative estimate of drug-likeness (QED) is 0.680. The predicted molar refractivity (Wildman–Crippen MR) is 112 cm³/mol. The number of methoxy groups -OCH3 is 1. The highest BCUT2D eigenvalue weighted by atomic mass is 16.5. The minimum atomic E-state index is -0.386. The molecule has 0 bridgehead atoms. The van der Waals surface area contributed by atoms with E-state index in [9.17, 15) is 9.59 Å². The van der Waals surface area contributed by atoms with Gasteiger partial charge in [-0.05, 0) is 31.2 Å². The van der Waals surface area contributed by atoms with Gasteiger partial charge in [-0.2, -0.15) is 0 Å². The van der Waals surface area contributed by atoms with E-state index in [1.807, 2.05) is 55.5 Å². The van der Waals surface area contributed by atoms with E-state index in [0.29, 0.717) is 18.0 Å². The molecule has 7 heteroatoms. The molecule has 154 valence electrons. The minimum absolute atomic E-state index is 0.0410. The molecule has 1 aromatic heterocycles. The molecule has 1 aliphatic rings. The van der Waals surface area contributed by atoms with Gasteiger partial charge in [0.25, 0.3) is 0 Å². The van der Waals surface area contributed by atoms with Crippen molar-refractivity contribution in [2.24, 2.45) is 5.92 Å². The van der Waals surface area contributed by atoms with Crippen LogP contribution in [0.15, 0.2) is 59.1 Å². The Morgan fingerprint density at radius 2 is 2.03 bits per heavy atom. The average molecular weight is 405 g/mol. The molecule has 0 saturated carbocycles. The standard InChI is InChI=1S/C23H23N3O4/c1-15-6-8-19(9-7-15)26-14-17(11-22(26)27)23(28)24-13-18-12-21(30-25-18)16-4-3-5-20(10-16)29-2/h3-10,12,17H,11,13-14H2,1-2H3,(H,24,28). The number of nitrogens with zero attached hydrogens (tertiary/aromatic N) is 2. The Morgan fingerprint density at radius 1 is 1.23 bits per heavy atom. The maximum Gasteiger partial charge on any atom is 0.227 e. The molecule has 2 amide bonds. The molecule has 2 aromatic carbocycles.